The molecule has 0 spiro atoms. The van der Waals surface area contributed by atoms with Crippen molar-refractivity contribution in [1.82, 2.24) is 14.8 Å². The zero-order valence-corrected chi connectivity index (χ0v) is 22.2. The second kappa shape index (κ2) is 12.1. The number of amides is 2. The molecule has 0 bridgehead atoms. The van der Waals surface area contributed by atoms with Crippen molar-refractivity contribution < 1.29 is 18.7 Å². The van der Waals surface area contributed by atoms with Crippen LogP contribution in [-0.4, -0.2) is 41.0 Å². The van der Waals surface area contributed by atoms with Crippen LogP contribution in [0.2, 0.25) is 0 Å². The molecule has 1 N–H and O–H groups in total. The fourth-order valence-corrected chi connectivity index (χ4v) is 4.51. The average molecular weight is 496 g/mol. The molecule has 0 aliphatic rings. The minimum atomic E-state index is -0.311. The van der Waals surface area contributed by atoms with E-state index in [2.05, 4.69) is 37.6 Å². The van der Waals surface area contributed by atoms with E-state index in [1.165, 1.54) is 12.1 Å². The molecule has 3 rings (SSSR count). The van der Waals surface area contributed by atoms with E-state index in [1.54, 1.807) is 12.1 Å². The molecule has 1 heterocycles. The summed E-state index contributed by atoms with van der Waals surface area (Å²) in [5.41, 5.74) is 3.18. The summed E-state index contributed by atoms with van der Waals surface area (Å²) < 4.78 is 21.2. The van der Waals surface area contributed by atoms with Crippen LogP contribution in [0.1, 0.15) is 56.2 Å². The molecule has 1 aromatic heterocycles. The summed E-state index contributed by atoms with van der Waals surface area (Å²) >= 11 is 0. The average Bonchev–Trinajstić information content (AvgIpc) is 3.11. The molecule has 0 aliphatic carbocycles. The summed E-state index contributed by atoms with van der Waals surface area (Å²) in [4.78, 5) is 28.0. The number of carbonyl (C=O) groups is 2. The van der Waals surface area contributed by atoms with Crippen LogP contribution in [0.3, 0.4) is 0 Å². The Labute approximate surface area is 213 Å². The molecule has 0 fully saturated rings. The van der Waals surface area contributed by atoms with Gasteiger partial charge in [0.15, 0.2) is 6.61 Å². The number of benzene rings is 2. The number of hydrogen-bond acceptors (Lipinski definition) is 3. The van der Waals surface area contributed by atoms with Gasteiger partial charge in [-0.3, -0.25) is 9.59 Å². The molecule has 2 amide bonds. The van der Waals surface area contributed by atoms with Crippen molar-refractivity contribution in [2.24, 2.45) is 11.8 Å². The molecule has 194 valence electrons. The minimum absolute atomic E-state index is 0.0444. The van der Waals surface area contributed by atoms with Gasteiger partial charge >= 0.3 is 0 Å². The molecule has 0 radical (unpaired) electrons. The van der Waals surface area contributed by atoms with Crippen LogP contribution in [-0.2, 0) is 17.9 Å². The van der Waals surface area contributed by atoms with Gasteiger partial charge in [-0.2, -0.15) is 0 Å². The van der Waals surface area contributed by atoms with Gasteiger partial charge in [0.25, 0.3) is 11.8 Å². The first-order chi connectivity index (χ1) is 17.1. The van der Waals surface area contributed by atoms with Crippen LogP contribution in [0.25, 0.3) is 10.9 Å². The third-order valence-electron chi connectivity index (χ3n) is 6.09. The summed E-state index contributed by atoms with van der Waals surface area (Å²) in [6.45, 7) is 14.7. The van der Waals surface area contributed by atoms with Crippen LogP contribution in [0.15, 0.2) is 42.5 Å². The molecule has 3 aromatic rings. The van der Waals surface area contributed by atoms with Gasteiger partial charge in [-0.1, -0.05) is 39.8 Å². The van der Waals surface area contributed by atoms with Crippen molar-refractivity contribution in [1.29, 1.82) is 0 Å². The second-order valence-corrected chi connectivity index (χ2v) is 10.1. The van der Waals surface area contributed by atoms with Crippen molar-refractivity contribution in [3.63, 3.8) is 0 Å². The Hall–Kier alpha value is -3.35. The Bertz CT molecular complexity index is 1190. The Morgan fingerprint density at radius 3 is 2.25 bits per heavy atom. The molecule has 0 atom stereocenters. The normalized spacial score (nSPS) is 11.4. The van der Waals surface area contributed by atoms with Gasteiger partial charge in [0.2, 0.25) is 0 Å². The Balaban J connectivity index is 1.81. The Morgan fingerprint density at radius 2 is 1.67 bits per heavy atom. The third kappa shape index (κ3) is 6.65. The number of carbonyl (C=O) groups excluding carboxylic acids is 2. The lowest BCUT2D eigenvalue weighted by atomic mass is 10.1. The molecule has 0 saturated heterocycles. The van der Waals surface area contributed by atoms with Gasteiger partial charge in [0, 0.05) is 42.8 Å². The smallest absolute Gasteiger partial charge is 0.260 e. The quantitative estimate of drug-likeness (QED) is 0.379. The number of hydrogen-bond donors (Lipinski definition) is 1. The van der Waals surface area contributed by atoms with E-state index in [1.807, 2.05) is 36.9 Å². The highest BCUT2D eigenvalue weighted by atomic mass is 19.1. The van der Waals surface area contributed by atoms with E-state index in [0.717, 1.165) is 22.2 Å². The van der Waals surface area contributed by atoms with Gasteiger partial charge in [0.05, 0.1) is 5.56 Å². The van der Waals surface area contributed by atoms with Gasteiger partial charge in [-0.15, -0.1) is 0 Å². The van der Waals surface area contributed by atoms with Crippen molar-refractivity contribution in [3.8, 4) is 5.75 Å². The number of halogens is 1. The van der Waals surface area contributed by atoms with Crippen LogP contribution in [0, 0.1) is 24.6 Å². The van der Waals surface area contributed by atoms with E-state index >= 15 is 0 Å². The Morgan fingerprint density at radius 1 is 1.03 bits per heavy atom. The third-order valence-corrected chi connectivity index (χ3v) is 6.09. The molecule has 0 aliphatic heterocycles. The first kappa shape index (κ1) is 27.2. The molecule has 36 heavy (non-hydrogen) atoms. The number of nitrogens with zero attached hydrogens (tertiary/aromatic N) is 2. The van der Waals surface area contributed by atoms with Crippen molar-refractivity contribution in [2.45, 2.75) is 54.6 Å². The van der Waals surface area contributed by atoms with Gasteiger partial charge in [-0.05, 0) is 61.6 Å². The second-order valence-electron chi connectivity index (χ2n) is 10.1. The number of rotatable bonds is 11. The number of aryl methyl sites for hydroxylation is 1. The van der Waals surface area contributed by atoms with E-state index in [-0.39, 0.29) is 24.2 Å². The van der Waals surface area contributed by atoms with E-state index in [4.69, 9.17) is 4.74 Å². The fourth-order valence-electron chi connectivity index (χ4n) is 4.51. The van der Waals surface area contributed by atoms with Crippen molar-refractivity contribution in [2.75, 3.05) is 19.7 Å². The minimum Gasteiger partial charge on any atom is -0.484 e. The van der Waals surface area contributed by atoms with Gasteiger partial charge in [0.1, 0.15) is 11.6 Å². The highest BCUT2D eigenvalue weighted by Gasteiger charge is 2.21. The number of fused-ring (bicyclic) bond motifs is 1. The van der Waals surface area contributed by atoms with Crippen LogP contribution in [0.5, 0.6) is 5.75 Å². The van der Waals surface area contributed by atoms with Gasteiger partial charge < -0.3 is 19.5 Å². The maximum absolute atomic E-state index is 13.2. The molecular formula is C29H38FN3O3. The largest absolute Gasteiger partial charge is 0.484 e. The summed E-state index contributed by atoms with van der Waals surface area (Å²) in [5, 5.41) is 3.72. The van der Waals surface area contributed by atoms with Gasteiger partial charge in [-0.25, -0.2) is 4.39 Å². The lowest BCUT2D eigenvalue weighted by molar-refractivity contribution is -0.134. The topological polar surface area (TPSA) is 63.6 Å². The SMILES string of the molecule is CCn1c(C)c(C(=O)NCc2ccc(F)cc2)c2cc(OCC(=O)N(CC(C)C)CC(C)C)ccc21. The monoisotopic (exact) mass is 495 g/mol. The van der Waals surface area contributed by atoms with Crippen molar-refractivity contribution >= 4 is 22.7 Å². The van der Waals surface area contributed by atoms with Crippen LogP contribution in [0.4, 0.5) is 4.39 Å². The lowest BCUT2D eigenvalue weighted by Crippen LogP contribution is -2.39. The number of ether oxygens (including phenoxy) is 1. The molecule has 6 nitrogen and oxygen atoms in total. The molecule has 0 unspecified atom stereocenters. The maximum Gasteiger partial charge on any atom is 0.260 e. The summed E-state index contributed by atoms with van der Waals surface area (Å²) in [5.74, 6) is 0.730. The molecule has 2 aromatic carbocycles. The number of aromatic nitrogens is 1. The van der Waals surface area contributed by atoms with Crippen molar-refractivity contribution in [3.05, 3.63) is 65.1 Å². The zero-order chi connectivity index (χ0) is 26.4. The zero-order valence-electron chi connectivity index (χ0n) is 22.2. The highest BCUT2D eigenvalue weighted by Crippen LogP contribution is 2.30. The molecule has 7 heteroatoms. The summed E-state index contributed by atoms with van der Waals surface area (Å²) in [6, 6.07) is 11.7. The van der Waals surface area contributed by atoms with E-state index in [0.29, 0.717) is 49.3 Å². The maximum atomic E-state index is 13.2. The molecular weight excluding hydrogens is 457 g/mol. The molecule has 0 saturated carbocycles. The first-order valence-corrected chi connectivity index (χ1v) is 12.7. The predicted molar refractivity (Wildman–Crippen MR) is 142 cm³/mol. The van der Waals surface area contributed by atoms with E-state index < -0.39 is 0 Å². The highest BCUT2D eigenvalue weighted by molar-refractivity contribution is 6.08. The summed E-state index contributed by atoms with van der Waals surface area (Å²) in [6.07, 6.45) is 0. The summed E-state index contributed by atoms with van der Waals surface area (Å²) in [7, 11) is 0. The Kier molecular flexibility index (Phi) is 9.13. The standard InChI is InChI=1S/C29H38FN3O3/c1-7-33-21(6)28(29(35)31-15-22-8-10-23(30)11-9-22)25-14-24(12-13-26(25)33)36-18-27(34)32(16-19(2)3)17-20(4)5/h8-14,19-20H,7,15-18H2,1-6H3,(H,31,35). The fraction of sp³-hybridized carbons (Fsp3) is 0.448. The lowest BCUT2D eigenvalue weighted by Gasteiger charge is -2.26. The van der Waals surface area contributed by atoms with E-state index in [9.17, 15) is 14.0 Å². The van der Waals surface area contributed by atoms with Crippen LogP contribution < -0.4 is 10.1 Å². The predicted octanol–water partition coefficient (Wildman–Crippen LogP) is 5.56. The number of nitrogens with one attached hydrogen (secondary N) is 1. The first-order valence-electron chi connectivity index (χ1n) is 12.7. The van der Waals surface area contributed by atoms with Crippen LogP contribution >= 0.6 is 0 Å².